The number of aromatic nitrogens is 2. The molecule has 7 heteroatoms. The number of hydrogen-bond donors (Lipinski definition) is 1. The van der Waals surface area contributed by atoms with E-state index in [9.17, 15) is 9.59 Å². The molecule has 30 heavy (non-hydrogen) atoms. The van der Waals surface area contributed by atoms with Gasteiger partial charge in [-0.1, -0.05) is 60.6 Å². The summed E-state index contributed by atoms with van der Waals surface area (Å²) in [5, 5.41) is 6.96. The first-order valence-electron chi connectivity index (χ1n) is 10.2. The Morgan fingerprint density at radius 3 is 2.73 bits per heavy atom. The first kappa shape index (κ1) is 18.5. The van der Waals surface area contributed by atoms with Crippen LogP contribution < -0.4 is 5.32 Å². The molecule has 3 amide bonds. The van der Waals surface area contributed by atoms with Crippen molar-refractivity contribution < 1.29 is 14.1 Å². The molecule has 1 saturated heterocycles. The molecule has 0 bridgehead atoms. The van der Waals surface area contributed by atoms with Gasteiger partial charge in [0.05, 0.1) is 0 Å². The zero-order valence-corrected chi connectivity index (χ0v) is 16.7. The van der Waals surface area contributed by atoms with E-state index in [1.54, 1.807) is 0 Å². The molecular formula is C23H22N4O3. The molecule has 1 spiro atoms. The van der Waals surface area contributed by atoms with E-state index in [-0.39, 0.29) is 18.3 Å². The third-order valence-corrected chi connectivity index (χ3v) is 6.03. The summed E-state index contributed by atoms with van der Waals surface area (Å²) in [6.07, 6.45) is 3.29. The summed E-state index contributed by atoms with van der Waals surface area (Å²) in [5.41, 5.74) is 3.05. The molecule has 1 aromatic heterocycles. The van der Waals surface area contributed by atoms with E-state index in [0.717, 1.165) is 36.0 Å². The molecule has 3 aromatic rings. The lowest BCUT2D eigenvalue weighted by molar-refractivity contribution is -0.132. The molecule has 2 aromatic carbocycles. The van der Waals surface area contributed by atoms with E-state index in [1.807, 2.05) is 48.5 Å². The summed E-state index contributed by atoms with van der Waals surface area (Å²) in [7, 11) is 0. The van der Waals surface area contributed by atoms with Crippen LogP contribution in [0.4, 0.5) is 4.79 Å². The van der Waals surface area contributed by atoms with Crippen LogP contribution in [-0.4, -0.2) is 27.0 Å². The molecule has 5 rings (SSSR count). The van der Waals surface area contributed by atoms with E-state index in [2.05, 4.69) is 22.4 Å². The number of benzene rings is 2. The molecule has 1 atom stereocenters. The number of hydrogen-bond acceptors (Lipinski definition) is 5. The van der Waals surface area contributed by atoms with E-state index >= 15 is 0 Å². The maximum Gasteiger partial charge on any atom is 0.325 e. The van der Waals surface area contributed by atoms with Gasteiger partial charge >= 0.3 is 6.03 Å². The minimum Gasteiger partial charge on any atom is -0.337 e. The lowest BCUT2D eigenvalue weighted by Crippen LogP contribution is -2.46. The van der Waals surface area contributed by atoms with Gasteiger partial charge in [-0.2, -0.15) is 4.98 Å². The van der Waals surface area contributed by atoms with E-state index in [0.29, 0.717) is 12.2 Å². The third-order valence-electron chi connectivity index (χ3n) is 6.03. The summed E-state index contributed by atoms with van der Waals surface area (Å²) < 4.78 is 5.34. The molecule has 2 aliphatic rings. The van der Waals surface area contributed by atoms with Crippen LogP contribution in [0, 0.1) is 0 Å². The predicted molar refractivity (Wildman–Crippen MR) is 109 cm³/mol. The van der Waals surface area contributed by atoms with Crippen molar-refractivity contribution >= 4 is 11.9 Å². The van der Waals surface area contributed by atoms with Gasteiger partial charge in [-0.15, -0.1) is 0 Å². The molecular weight excluding hydrogens is 380 g/mol. The lowest BCUT2D eigenvalue weighted by atomic mass is 9.76. The molecule has 7 nitrogen and oxygen atoms in total. The van der Waals surface area contributed by atoms with Crippen molar-refractivity contribution in [1.29, 1.82) is 0 Å². The van der Waals surface area contributed by atoms with Gasteiger partial charge in [0.2, 0.25) is 11.7 Å². The molecule has 1 aliphatic heterocycles. The van der Waals surface area contributed by atoms with Crippen LogP contribution in [0.1, 0.15) is 42.3 Å². The summed E-state index contributed by atoms with van der Waals surface area (Å²) in [4.78, 5) is 31.7. The van der Waals surface area contributed by atoms with E-state index in [4.69, 9.17) is 4.52 Å². The zero-order valence-electron chi connectivity index (χ0n) is 16.7. The van der Waals surface area contributed by atoms with Crippen molar-refractivity contribution in [3.8, 4) is 11.4 Å². The Bertz CT molecular complexity index is 1120. The van der Waals surface area contributed by atoms with Crippen LogP contribution in [0.2, 0.25) is 0 Å². The fraction of sp³-hybridized carbons (Fsp3) is 0.304. The van der Waals surface area contributed by atoms with Gasteiger partial charge < -0.3 is 9.84 Å². The van der Waals surface area contributed by atoms with Crippen LogP contribution in [0.15, 0.2) is 53.1 Å². The van der Waals surface area contributed by atoms with E-state index < -0.39 is 11.6 Å². The van der Waals surface area contributed by atoms with Crippen LogP contribution in [0.3, 0.4) is 0 Å². The van der Waals surface area contributed by atoms with Gasteiger partial charge in [0, 0.05) is 5.56 Å². The Morgan fingerprint density at radius 2 is 1.93 bits per heavy atom. The number of carbonyl (C=O) groups excluding carboxylic acids is 2. The second-order valence-corrected chi connectivity index (χ2v) is 7.80. The second-order valence-electron chi connectivity index (χ2n) is 7.80. The first-order chi connectivity index (χ1) is 14.6. The molecule has 1 aliphatic carbocycles. The molecule has 1 N–H and O–H groups in total. The van der Waals surface area contributed by atoms with Crippen molar-refractivity contribution in [2.45, 2.75) is 44.7 Å². The number of imide groups is 1. The average molecular weight is 402 g/mol. The topological polar surface area (TPSA) is 88.3 Å². The molecule has 2 heterocycles. The Hall–Kier alpha value is -3.48. The number of amides is 3. The number of aryl methyl sites for hydroxylation is 2. The van der Waals surface area contributed by atoms with Crippen molar-refractivity contribution in [2.75, 3.05) is 0 Å². The van der Waals surface area contributed by atoms with Gasteiger partial charge in [-0.05, 0) is 42.4 Å². The largest absolute Gasteiger partial charge is 0.337 e. The fourth-order valence-corrected chi connectivity index (χ4v) is 4.42. The highest BCUT2D eigenvalue weighted by molar-refractivity contribution is 6.07. The van der Waals surface area contributed by atoms with Crippen molar-refractivity contribution in [2.24, 2.45) is 0 Å². The lowest BCUT2D eigenvalue weighted by Gasteiger charge is -2.33. The third kappa shape index (κ3) is 2.89. The second kappa shape index (κ2) is 7.09. The average Bonchev–Trinajstić information content (AvgIpc) is 3.34. The van der Waals surface area contributed by atoms with Crippen LogP contribution in [0.25, 0.3) is 11.4 Å². The van der Waals surface area contributed by atoms with Crippen LogP contribution in [-0.2, 0) is 29.7 Å². The predicted octanol–water partition coefficient (Wildman–Crippen LogP) is 3.58. The van der Waals surface area contributed by atoms with Gasteiger partial charge in [0.25, 0.3) is 5.91 Å². The van der Waals surface area contributed by atoms with Gasteiger partial charge in [-0.25, -0.2) is 4.79 Å². The minimum atomic E-state index is -0.995. The normalized spacial score (nSPS) is 20.5. The highest BCUT2D eigenvalue weighted by Gasteiger charge is 2.54. The fourth-order valence-electron chi connectivity index (χ4n) is 4.42. The molecule has 0 radical (unpaired) electrons. The zero-order chi connectivity index (χ0) is 20.7. The van der Waals surface area contributed by atoms with Crippen molar-refractivity contribution in [3.63, 3.8) is 0 Å². The molecule has 0 saturated carbocycles. The van der Waals surface area contributed by atoms with Gasteiger partial charge in [0.1, 0.15) is 12.1 Å². The van der Waals surface area contributed by atoms with E-state index in [1.165, 1.54) is 10.5 Å². The number of rotatable bonds is 4. The maximum absolute atomic E-state index is 13.4. The van der Waals surface area contributed by atoms with Crippen LogP contribution >= 0.6 is 0 Å². The molecule has 152 valence electrons. The number of nitrogens with zero attached hydrogens (tertiary/aromatic N) is 3. The Labute approximate surface area is 174 Å². The van der Waals surface area contributed by atoms with Crippen molar-refractivity contribution in [3.05, 3.63) is 71.1 Å². The number of fused-ring (bicyclic) bond motifs is 2. The Kier molecular flexibility index (Phi) is 4.38. The molecule has 0 unspecified atom stereocenters. The minimum absolute atomic E-state index is 0.0470. The summed E-state index contributed by atoms with van der Waals surface area (Å²) in [5.74, 6) is 0.415. The number of nitrogens with one attached hydrogen (secondary N) is 1. The maximum atomic E-state index is 13.4. The first-order valence-corrected chi connectivity index (χ1v) is 10.2. The number of urea groups is 1. The summed E-state index contributed by atoms with van der Waals surface area (Å²) >= 11 is 0. The quantitative estimate of drug-likeness (QED) is 0.674. The standard InChI is InChI=1S/C23H22N4O3/c1-2-15-9-11-17(12-10-15)20-24-19(30-26-20)14-27-21(28)23(25-22(27)29)13-5-7-16-6-3-4-8-18(16)23/h3-4,6,8-12H,2,5,7,13-14H2,1H3,(H,25,29)/t23-/m1/s1. The monoisotopic (exact) mass is 402 g/mol. The Balaban J connectivity index is 1.40. The smallest absolute Gasteiger partial charge is 0.325 e. The molecule has 1 fully saturated rings. The van der Waals surface area contributed by atoms with Crippen LogP contribution in [0.5, 0.6) is 0 Å². The highest BCUT2D eigenvalue weighted by atomic mass is 16.5. The van der Waals surface area contributed by atoms with Crippen molar-refractivity contribution in [1.82, 2.24) is 20.4 Å². The summed E-state index contributed by atoms with van der Waals surface area (Å²) in [6.45, 7) is 2.05. The SMILES string of the molecule is CCc1ccc(-c2noc(CN3C(=O)N[C@@]4(CCCc5ccccc54)C3=O)n2)cc1. The summed E-state index contributed by atoms with van der Waals surface area (Å²) in [6, 6.07) is 15.3. The van der Waals surface area contributed by atoms with Gasteiger partial charge in [0.15, 0.2) is 0 Å². The Morgan fingerprint density at radius 1 is 1.13 bits per heavy atom. The number of carbonyl (C=O) groups is 2. The highest BCUT2D eigenvalue weighted by Crippen LogP contribution is 2.40. The van der Waals surface area contributed by atoms with Gasteiger partial charge in [-0.3, -0.25) is 9.69 Å².